The Labute approximate surface area is 171 Å². The van der Waals surface area contributed by atoms with E-state index < -0.39 is 0 Å². The van der Waals surface area contributed by atoms with Crippen molar-refractivity contribution in [2.75, 3.05) is 13.1 Å². The van der Waals surface area contributed by atoms with Crippen molar-refractivity contribution in [3.05, 3.63) is 35.9 Å². The van der Waals surface area contributed by atoms with Crippen molar-refractivity contribution in [2.24, 2.45) is 29.6 Å². The Hall–Kier alpha value is -1.15. The van der Waals surface area contributed by atoms with Gasteiger partial charge in [-0.05, 0) is 74.3 Å². The Kier molecular flexibility index (Phi) is 5.59. The summed E-state index contributed by atoms with van der Waals surface area (Å²) in [6.07, 6.45) is 14.4. The van der Waals surface area contributed by atoms with E-state index in [0.29, 0.717) is 17.6 Å². The molecule has 0 radical (unpaired) electrons. The molecule has 0 spiro atoms. The van der Waals surface area contributed by atoms with E-state index in [4.69, 9.17) is 0 Å². The maximum absolute atomic E-state index is 13.1. The van der Waals surface area contributed by atoms with Crippen LogP contribution in [-0.4, -0.2) is 29.8 Å². The normalized spacial score (nSPS) is 36.9. The van der Waals surface area contributed by atoms with Crippen molar-refractivity contribution in [2.45, 2.75) is 76.7 Å². The number of nitrogens with zero attached hydrogens (tertiary/aromatic N) is 1. The molecule has 28 heavy (non-hydrogen) atoms. The van der Waals surface area contributed by atoms with Gasteiger partial charge < -0.3 is 0 Å². The second-order valence-corrected chi connectivity index (χ2v) is 10.3. The Bertz CT molecular complexity index is 664. The summed E-state index contributed by atoms with van der Waals surface area (Å²) >= 11 is 0. The number of ketones is 1. The minimum atomic E-state index is 0.279. The van der Waals surface area contributed by atoms with Crippen LogP contribution in [0.4, 0.5) is 0 Å². The van der Waals surface area contributed by atoms with Crippen LogP contribution in [0.25, 0.3) is 0 Å². The number of rotatable bonds is 4. The van der Waals surface area contributed by atoms with Gasteiger partial charge in [0.15, 0.2) is 0 Å². The van der Waals surface area contributed by atoms with Crippen molar-refractivity contribution in [1.29, 1.82) is 0 Å². The topological polar surface area (TPSA) is 20.3 Å². The zero-order chi connectivity index (χ0) is 18.9. The van der Waals surface area contributed by atoms with Gasteiger partial charge >= 0.3 is 0 Å². The summed E-state index contributed by atoms with van der Waals surface area (Å²) in [5.41, 5.74) is 1.36. The fourth-order valence-electron chi connectivity index (χ4n) is 7.43. The van der Waals surface area contributed by atoms with E-state index in [-0.39, 0.29) is 5.92 Å². The molecule has 5 atom stereocenters. The molecule has 3 aliphatic carbocycles. The lowest BCUT2D eigenvalue weighted by molar-refractivity contribution is -0.139. The fourth-order valence-corrected chi connectivity index (χ4v) is 7.43. The molecule has 3 saturated carbocycles. The molecular formula is C26H37NO. The van der Waals surface area contributed by atoms with Crippen LogP contribution < -0.4 is 0 Å². The van der Waals surface area contributed by atoms with Crippen LogP contribution >= 0.6 is 0 Å². The van der Waals surface area contributed by atoms with E-state index in [9.17, 15) is 4.79 Å². The standard InChI is InChI=1S/C26H37NO/c28-25-17-21-14-15-27(18-20-10-5-2-6-11-20)24-13-7-12-22(26(21)24)23(25)16-19-8-3-1-4-9-19/h1,3-4,8-9,20-24,26H,2,5-7,10-18H2/t21-,22+,23+,24+,26+/m0/s1. The van der Waals surface area contributed by atoms with Crippen molar-refractivity contribution >= 4 is 5.78 Å². The minimum absolute atomic E-state index is 0.279. The highest BCUT2D eigenvalue weighted by molar-refractivity contribution is 5.83. The Morgan fingerprint density at radius 3 is 2.54 bits per heavy atom. The molecular weight excluding hydrogens is 342 g/mol. The van der Waals surface area contributed by atoms with Gasteiger partial charge in [0.1, 0.15) is 5.78 Å². The largest absolute Gasteiger partial charge is 0.300 e. The lowest BCUT2D eigenvalue weighted by Gasteiger charge is -2.56. The van der Waals surface area contributed by atoms with Crippen molar-refractivity contribution in [1.82, 2.24) is 4.90 Å². The van der Waals surface area contributed by atoms with Crippen LogP contribution in [0.1, 0.15) is 69.8 Å². The molecule has 0 amide bonds. The summed E-state index contributed by atoms with van der Waals surface area (Å²) in [5.74, 6) is 3.91. The number of hydrogen-bond donors (Lipinski definition) is 0. The molecule has 4 fully saturated rings. The van der Waals surface area contributed by atoms with Crippen molar-refractivity contribution in [3.8, 4) is 0 Å². The molecule has 1 aliphatic heterocycles. The summed E-state index contributed by atoms with van der Waals surface area (Å²) in [5, 5.41) is 0. The molecule has 5 rings (SSSR count). The lowest BCUT2D eigenvalue weighted by atomic mass is 9.55. The van der Waals surface area contributed by atoms with E-state index >= 15 is 0 Å². The van der Waals surface area contributed by atoms with Crippen molar-refractivity contribution < 1.29 is 4.79 Å². The van der Waals surface area contributed by atoms with Gasteiger partial charge in [0.2, 0.25) is 0 Å². The van der Waals surface area contributed by atoms with Gasteiger partial charge in [-0.2, -0.15) is 0 Å². The molecule has 1 heterocycles. The summed E-state index contributed by atoms with van der Waals surface area (Å²) in [6, 6.07) is 11.5. The Morgan fingerprint density at radius 2 is 1.71 bits per heavy atom. The van der Waals surface area contributed by atoms with Crippen molar-refractivity contribution in [3.63, 3.8) is 0 Å². The number of piperidine rings is 1. The fraction of sp³-hybridized carbons (Fsp3) is 0.731. The molecule has 152 valence electrons. The quantitative estimate of drug-likeness (QED) is 0.688. The van der Waals surface area contributed by atoms with E-state index in [1.165, 1.54) is 76.4 Å². The molecule has 4 aliphatic rings. The average molecular weight is 380 g/mol. The predicted octanol–water partition coefficient (Wildman–Crippen LogP) is 5.51. The predicted molar refractivity (Wildman–Crippen MR) is 114 cm³/mol. The molecule has 0 N–H and O–H groups in total. The van der Waals surface area contributed by atoms with E-state index in [0.717, 1.165) is 30.7 Å². The maximum atomic E-state index is 13.1. The van der Waals surface area contributed by atoms with Crippen LogP contribution in [0.5, 0.6) is 0 Å². The number of carbonyl (C=O) groups excluding carboxylic acids is 1. The number of hydrogen-bond acceptors (Lipinski definition) is 2. The molecule has 0 aromatic heterocycles. The van der Waals surface area contributed by atoms with Crippen LogP contribution in [0.3, 0.4) is 0 Å². The molecule has 0 bridgehead atoms. The van der Waals surface area contributed by atoms with Gasteiger partial charge in [0.05, 0.1) is 0 Å². The highest BCUT2D eigenvalue weighted by Crippen LogP contribution is 2.51. The van der Waals surface area contributed by atoms with E-state index in [2.05, 4.69) is 35.2 Å². The van der Waals surface area contributed by atoms with Crippen LogP contribution in [-0.2, 0) is 11.2 Å². The number of carbonyl (C=O) groups is 1. The highest BCUT2D eigenvalue weighted by atomic mass is 16.1. The zero-order valence-electron chi connectivity index (χ0n) is 17.4. The van der Waals surface area contributed by atoms with E-state index in [1.54, 1.807) is 0 Å². The minimum Gasteiger partial charge on any atom is -0.300 e. The molecule has 1 saturated heterocycles. The summed E-state index contributed by atoms with van der Waals surface area (Å²) in [4.78, 5) is 16.0. The average Bonchev–Trinajstić information content (AvgIpc) is 2.74. The lowest BCUT2D eigenvalue weighted by Crippen LogP contribution is -2.58. The summed E-state index contributed by atoms with van der Waals surface area (Å²) in [7, 11) is 0. The third-order valence-electron chi connectivity index (χ3n) is 8.69. The molecule has 1 aromatic rings. The summed E-state index contributed by atoms with van der Waals surface area (Å²) < 4.78 is 0. The summed E-state index contributed by atoms with van der Waals surface area (Å²) in [6.45, 7) is 2.60. The smallest absolute Gasteiger partial charge is 0.136 e. The third-order valence-corrected chi connectivity index (χ3v) is 8.69. The number of benzene rings is 1. The van der Waals surface area contributed by atoms with Gasteiger partial charge in [-0.15, -0.1) is 0 Å². The van der Waals surface area contributed by atoms with Gasteiger partial charge in [-0.1, -0.05) is 56.0 Å². The number of Topliss-reactive ketones (excluding diaryl/α,β-unsaturated/α-hetero) is 1. The van der Waals surface area contributed by atoms with Crippen LogP contribution in [0, 0.1) is 29.6 Å². The first kappa shape index (κ1) is 18.9. The molecule has 2 heteroatoms. The zero-order valence-corrected chi connectivity index (χ0v) is 17.4. The third kappa shape index (κ3) is 3.70. The first-order valence-corrected chi connectivity index (χ1v) is 12.1. The SMILES string of the molecule is O=C1C[C@@H]2CCN(CC3CCCCC3)[C@@H]3CCC[C@@H]([C@@H]23)[C@H]1Cc1ccccc1. The Morgan fingerprint density at radius 1 is 0.893 bits per heavy atom. The van der Waals surface area contributed by atoms with E-state index in [1.807, 2.05) is 0 Å². The second-order valence-electron chi connectivity index (χ2n) is 10.3. The van der Waals surface area contributed by atoms with Gasteiger partial charge in [0, 0.05) is 24.9 Å². The van der Waals surface area contributed by atoms with Crippen LogP contribution in [0.15, 0.2) is 30.3 Å². The highest BCUT2D eigenvalue weighted by Gasteiger charge is 2.51. The second kappa shape index (κ2) is 8.30. The van der Waals surface area contributed by atoms with Gasteiger partial charge in [-0.3, -0.25) is 9.69 Å². The molecule has 2 nitrogen and oxygen atoms in total. The van der Waals surface area contributed by atoms with Gasteiger partial charge in [0.25, 0.3) is 0 Å². The maximum Gasteiger partial charge on any atom is 0.136 e. The first-order chi connectivity index (χ1) is 13.8. The number of likely N-dealkylation sites (tertiary alicyclic amines) is 1. The first-order valence-electron chi connectivity index (χ1n) is 12.1. The monoisotopic (exact) mass is 379 g/mol. The van der Waals surface area contributed by atoms with Crippen LogP contribution in [0.2, 0.25) is 0 Å². The Balaban J connectivity index is 1.34. The molecule has 1 aromatic carbocycles. The molecule has 0 unspecified atom stereocenters. The van der Waals surface area contributed by atoms with Gasteiger partial charge in [-0.25, -0.2) is 0 Å².